The second kappa shape index (κ2) is 8.81. The molecule has 3 aromatic heterocycles. The Kier molecular flexibility index (Phi) is 6.15. The van der Waals surface area contributed by atoms with Gasteiger partial charge in [-0.1, -0.05) is 24.8 Å². The van der Waals surface area contributed by atoms with Gasteiger partial charge in [-0.25, -0.2) is 4.98 Å². The van der Waals surface area contributed by atoms with Gasteiger partial charge in [0.05, 0.1) is 23.4 Å². The summed E-state index contributed by atoms with van der Waals surface area (Å²) in [6, 6.07) is 3.65. The van der Waals surface area contributed by atoms with Gasteiger partial charge >= 0.3 is 0 Å². The number of amides is 1. The summed E-state index contributed by atoms with van der Waals surface area (Å²) in [4.78, 5) is 32.8. The lowest BCUT2D eigenvalue weighted by molar-refractivity contribution is -0.120. The Hall–Kier alpha value is -2.32. The number of thiophene rings is 1. The first kappa shape index (κ1) is 20.9. The zero-order valence-corrected chi connectivity index (χ0v) is 18.8. The van der Waals surface area contributed by atoms with Crippen LogP contribution in [0.2, 0.25) is 0 Å². The van der Waals surface area contributed by atoms with Crippen molar-refractivity contribution in [3.05, 3.63) is 57.6 Å². The van der Waals surface area contributed by atoms with Crippen LogP contribution in [-0.2, 0) is 24.2 Å². The fourth-order valence-electron chi connectivity index (χ4n) is 3.72. The molecule has 1 N–H and O–H groups in total. The fourth-order valence-corrected chi connectivity index (χ4v) is 6.08. The van der Waals surface area contributed by atoms with E-state index in [1.807, 2.05) is 13.0 Å². The summed E-state index contributed by atoms with van der Waals surface area (Å²) in [5.74, 6) is 1.19. The molecule has 158 valence electrons. The van der Waals surface area contributed by atoms with Crippen LogP contribution in [0.25, 0.3) is 10.2 Å². The van der Waals surface area contributed by atoms with Crippen molar-refractivity contribution in [3.8, 4) is 0 Å². The molecule has 2 unspecified atom stereocenters. The van der Waals surface area contributed by atoms with E-state index in [1.54, 1.807) is 34.3 Å². The molecule has 3 aromatic rings. The highest BCUT2D eigenvalue weighted by Gasteiger charge is 2.26. The van der Waals surface area contributed by atoms with Crippen molar-refractivity contribution in [1.29, 1.82) is 0 Å². The maximum absolute atomic E-state index is 13.6. The minimum Gasteiger partial charge on any atom is -0.467 e. The standard InChI is InChI=1S/C22H25N3O3S2/c1-4-9-23-19(26)14(3)29-22-24-20-18(16-8-7-13(2)11-17(16)30-20)21(27)25(22)12-15-6-5-10-28-15/h4-6,10,13-14H,1,7-9,11-12H2,2-3H3,(H,23,26). The average molecular weight is 444 g/mol. The summed E-state index contributed by atoms with van der Waals surface area (Å²) in [5, 5.41) is 3.68. The van der Waals surface area contributed by atoms with Gasteiger partial charge in [0.2, 0.25) is 5.91 Å². The summed E-state index contributed by atoms with van der Waals surface area (Å²) in [5.41, 5.74) is 1.11. The summed E-state index contributed by atoms with van der Waals surface area (Å²) in [7, 11) is 0. The second-order valence-electron chi connectivity index (χ2n) is 7.69. The Morgan fingerprint density at radius 2 is 2.40 bits per heavy atom. The van der Waals surface area contributed by atoms with Crippen molar-refractivity contribution in [2.45, 2.75) is 50.1 Å². The van der Waals surface area contributed by atoms with Crippen LogP contribution in [0, 0.1) is 5.92 Å². The monoisotopic (exact) mass is 443 g/mol. The van der Waals surface area contributed by atoms with Gasteiger partial charge in [0.15, 0.2) is 5.16 Å². The Balaban J connectivity index is 1.78. The third-order valence-electron chi connectivity index (χ3n) is 5.35. The second-order valence-corrected chi connectivity index (χ2v) is 10.1. The fraction of sp³-hybridized carbons (Fsp3) is 0.409. The molecule has 0 saturated heterocycles. The number of aryl methyl sites for hydroxylation is 1. The molecule has 0 aromatic carbocycles. The molecule has 0 bridgehead atoms. The number of hydrogen-bond acceptors (Lipinski definition) is 6. The van der Waals surface area contributed by atoms with Crippen molar-refractivity contribution in [1.82, 2.24) is 14.9 Å². The quantitative estimate of drug-likeness (QED) is 0.339. The lowest BCUT2D eigenvalue weighted by Gasteiger charge is -2.18. The van der Waals surface area contributed by atoms with Gasteiger partial charge in [0, 0.05) is 11.4 Å². The smallest absolute Gasteiger partial charge is 0.263 e. The lowest BCUT2D eigenvalue weighted by Crippen LogP contribution is -2.32. The Morgan fingerprint density at radius 1 is 1.57 bits per heavy atom. The highest BCUT2D eigenvalue weighted by atomic mass is 32.2. The van der Waals surface area contributed by atoms with Crippen LogP contribution >= 0.6 is 23.1 Å². The van der Waals surface area contributed by atoms with Crippen molar-refractivity contribution in [3.63, 3.8) is 0 Å². The van der Waals surface area contributed by atoms with Crippen LogP contribution in [0.4, 0.5) is 0 Å². The molecule has 3 heterocycles. The average Bonchev–Trinajstić information content (AvgIpc) is 3.35. The van der Waals surface area contributed by atoms with E-state index in [0.717, 1.165) is 35.0 Å². The highest BCUT2D eigenvalue weighted by Crippen LogP contribution is 2.37. The van der Waals surface area contributed by atoms with Gasteiger partial charge in [0.25, 0.3) is 5.56 Å². The van der Waals surface area contributed by atoms with Gasteiger partial charge in [-0.05, 0) is 49.8 Å². The number of aromatic nitrogens is 2. The first-order valence-corrected chi connectivity index (χ1v) is 11.8. The van der Waals surface area contributed by atoms with Crippen LogP contribution in [0.15, 0.2) is 45.4 Å². The number of hydrogen-bond donors (Lipinski definition) is 1. The molecule has 2 atom stereocenters. The Labute approximate surface area is 183 Å². The molecule has 8 heteroatoms. The number of furan rings is 1. The van der Waals surface area contributed by atoms with Gasteiger partial charge in [-0.2, -0.15) is 0 Å². The minimum absolute atomic E-state index is 0.0512. The molecular weight excluding hydrogens is 418 g/mol. The summed E-state index contributed by atoms with van der Waals surface area (Å²) < 4.78 is 7.14. The van der Waals surface area contributed by atoms with E-state index in [4.69, 9.17) is 9.40 Å². The van der Waals surface area contributed by atoms with Gasteiger partial charge in [0.1, 0.15) is 10.6 Å². The molecule has 0 fully saturated rings. The molecule has 0 saturated carbocycles. The topological polar surface area (TPSA) is 77.1 Å². The van der Waals surface area contributed by atoms with Gasteiger partial charge in [-0.15, -0.1) is 17.9 Å². The molecule has 1 aliphatic rings. The van der Waals surface area contributed by atoms with Crippen LogP contribution in [0.5, 0.6) is 0 Å². The normalized spacial score (nSPS) is 16.9. The molecular formula is C22H25N3O3S2. The molecule has 30 heavy (non-hydrogen) atoms. The summed E-state index contributed by atoms with van der Waals surface area (Å²) in [6.45, 7) is 8.39. The van der Waals surface area contributed by atoms with Crippen LogP contribution in [0.1, 0.15) is 36.5 Å². The lowest BCUT2D eigenvalue weighted by atomic mass is 9.89. The van der Waals surface area contributed by atoms with E-state index >= 15 is 0 Å². The van der Waals surface area contributed by atoms with Crippen molar-refractivity contribution >= 4 is 39.2 Å². The number of nitrogens with zero attached hydrogens (tertiary/aromatic N) is 2. The predicted molar refractivity (Wildman–Crippen MR) is 121 cm³/mol. The first-order valence-electron chi connectivity index (χ1n) is 10.1. The van der Waals surface area contributed by atoms with E-state index in [0.29, 0.717) is 29.9 Å². The van der Waals surface area contributed by atoms with Gasteiger partial charge in [-0.3, -0.25) is 14.2 Å². The molecule has 6 nitrogen and oxygen atoms in total. The van der Waals surface area contributed by atoms with Gasteiger partial charge < -0.3 is 9.73 Å². The largest absolute Gasteiger partial charge is 0.467 e. The van der Waals surface area contributed by atoms with E-state index in [1.165, 1.54) is 16.6 Å². The summed E-state index contributed by atoms with van der Waals surface area (Å²) in [6.07, 6.45) is 6.24. The van der Waals surface area contributed by atoms with E-state index < -0.39 is 5.25 Å². The molecule has 1 aliphatic carbocycles. The van der Waals surface area contributed by atoms with Crippen LogP contribution in [-0.4, -0.2) is 27.3 Å². The Bertz CT molecular complexity index is 1130. The molecule has 4 rings (SSSR count). The number of thioether (sulfide) groups is 1. The minimum atomic E-state index is -0.397. The first-order chi connectivity index (χ1) is 14.5. The predicted octanol–water partition coefficient (Wildman–Crippen LogP) is 4.01. The third-order valence-corrected chi connectivity index (χ3v) is 7.58. The SMILES string of the molecule is C=CCNC(=O)C(C)Sc1nc2sc3c(c2c(=O)n1Cc1ccco1)CCC(C)C3. The van der Waals surface area contributed by atoms with Crippen molar-refractivity contribution in [2.75, 3.05) is 6.54 Å². The number of nitrogens with one attached hydrogen (secondary N) is 1. The number of carbonyl (C=O) groups excluding carboxylic acids is 1. The number of fused-ring (bicyclic) bond motifs is 3. The van der Waals surface area contributed by atoms with Crippen LogP contribution < -0.4 is 10.9 Å². The van der Waals surface area contributed by atoms with Crippen molar-refractivity contribution in [2.24, 2.45) is 5.92 Å². The van der Waals surface area contributed by atoms with E-state index in [-0.39, 0.29) is 11.5 Å². The highest BCUT2D eigenvalue weighted by molar-refractivity contribution is 8.00. The molecule has 1 amide bonds. The molecule has 0 spiro atoms. The maximum Gasteiger partial charge on any atom is 0.263 e. The number of carbonyl (C=O) groups is 1. The zero-order valence-electron chi connectivity index (χ0n) is 17.1. The third kappa shape index (κ3) is 4.11. The van der Waals surface area contributed by atoms with Crippen LogP contribution in [0.3, 0.4) is 0 Å². The van der Waals surface area contributed by atoms with E-state index in [2.05, 4.69) is 18.8 Å². The molecule has 0 radical (unpaired) electrons. The zero-order chi connectivity index (χ0) is 21.3. The number of rotatable bonds is 7. The molecule has 0 aliphatic heterocycles. The summed E-state index contributed by atoms with van der Waals surface area (Å²) >= 11 is 2.92. The Morgan fingerprint density at radius 3 is 3.13 bits per heavy atom. The maximum atomic E-state index is 13.6. The van der Waals surface area contributed by atoms with E-state index in [9.17, 15) is 9.59 Å². The van der Waals surface area contributed by atoms with Crippen molar-refractivity contribution < 1.29 is 9.21 Å².